The Morgan fingerprint density at radius 1 is 1.44 bits per heavy atom. The molecule has 0 unspecified atom stereocenters. The molecule has 0 spiro atoms. The fourth-order valence-electron chi connectivity index (χ4n) is 1.78. The highest BCUT2D eigenvalue weighted by molar-refractivity contribution is 6.30. The minimum Gasteiger partial charge on any atom is -0.383 e. The molecule has 1 fully saturated rings. The molecule has 3 N–H and O–H groups in total. The standard InChI is InChI=1S/C12H11ClN4O/c13-9-3-7-4-10(17-12(18)6-1-2-6)15-5-8(7)11(14)16-9/h3-6H,1-2H2,(H2,14,16)(H,15,17,18). The predicted molar refractivity (Wildman–Crippen MR) is 70.3 cm³/mol. The minimum absolute atomic E-state index is 0.0231. The largest absolute Gasteiger partial charge is 0.383 e. The lowest BCUT2D eigenvalue weighted by Crippen LogP contribution is -2.14. The van der Waals surface area contributed by atoms with Crippen molar-refractivity contribution in [2.75, 3.05) is 11.1 Å². The smallest absolute Gasteiger partial charge is 0.228 e. The lowest BCUT2D eigenvalue weighted by molar-refractivity contribution is -0.117. The van der Waals surface area contributed by atoms with Crippen molar-refractivity contribution >= 4 is 39.9 Å². The van der Waals surface area contributed by atoms with Crippen molar-refractivity contribution in [1.29, 1.82) is 0 Å². The molecule has 92 valence electrons. The first-order chi connectivity index (χ1) is 8.63. The van der Waals surface area contributed by atoms with Crippen LogP contribution in [0, 0.1) is 5.92 Å². The van der Waals surface area contributed by atoms with Crippen LogP contribution in [0.25, 0.3) is 10.8 Å². The molecule has 0 bridgehead atoms. The summed E-state index contributed by atoms with van der Waals surface area (Å²) in [5.74, 6) is 1.02. The van der Waals surface area contributed by atoms with Crippen molar-refractivity contribution < 1.29 is 4.79 Å². The lowest BCUT2D eigenvalue weighted by Gasteiger charge is -2.06. The molecule has 3 rings (SSSR count). The first kappa shape index (κ1) is 11.2. The molecule has 18 heavy (non-hydrogen) atoms. The molecule has 0 radical (unpaired) electrons. The van der Waals surface area contributed by atoms with Crippen LogP contribution in [0.1, 0.15) is 12.8 Å². The van der Waals surface area contributed by atoms with Gasteiger partial charge in [-0.25, -0.2) is 9.97 Å². The van der Waals surface area contributed by atoms with E-state index in [1.54, 1.807) is 18.3 Å². The summed E-state index contributed by atoms with van der Waals surface area (Å²) in [4.78, 5) is 19.7. The van der Waals surface area contributed by atoms with Gasteiger partial charge < -0.3 is 11.1 Å². The second kappa shape index (κ2) is 4.10. The Kier molecular flexibility index (Phi) is 2.56. The number of nitrogen functional groups attached to an aromatic ring is 1. The first-order valence-corrected chi connectivity index (χ1v) is 6.04. The number of nitrogens with one attached hydrogen (secondary N) is 1. The topological polar surface area (TPSA) is 80.9 Å². The summed E-state index contributed by atoms with van der Waals surface area (Å²) in [6.07, 6.45) is 3.51. The van der Waals surface area contributed by atoms with Crippen LogP contribution in [0.4, 0.5) is 11.6 Å². The Bertz CT molecular complexity index is 639. The average Bonchev–Trinajstić information content (AvgIpc) is 3.11. The van der Waals surface area contributed by atoms with Crippen LogP contribution in [-0.4, -0.2) is 15.9 Å². The number of hydrogen-bond acceptors (Lipinski definition) is 4. The summed E-state index contributed by atoms with van der Waals surface area (Å²) in [6.45, 7) is 0. The zero-order chi connectivity index (χ0) is 12.7. The molecule has 0 aromatic carbocycles. The molecule has 0 aliphatic heterocycles. The number of nitrogens with zero attached hydrogens (tertiary/aromatic N) is 2. The number of aromatic nitrogens is 2. The molecule has 1 aliphatic rings. The second-order valence-electron chi connectivity index (χ2n) is 4.38. The molecule has 6 heteroatoms. The Morgan fingerprint density at radius 2 is 2.22 bits per heavy atom. The molecular formula is C12H11ClN4O. The van der Waals surface area contributed by atoms with Gasteiger partial charge in [0.25, 0.3) is 0 Å². The third-order valence-electron chi connectivity index (χ3n) is 2.91. The van der Waals surface area contributed by atoms with E-state index in [-0.39, 0.29) is 11.8 Å². The molecule has 0 atom stereocenters. The average molecular weight is 263 g/mol. The van der Waals surface area contributed by atoms with Gasteiger partial charge in [0, 0.05) is 17.5 Å². The molecule has 2 heterocycles. The van der Waals surface area contributed by atoms with Crippen LogP contribution < -0.4 is 11.1 Å². The van der Waals surface area contributed by atoms with E-state index in [1.807, 2.05) is 0 Å². The first-order valence-electron chi connectivity index (χ1n) is 5.66. The lowest BCUT2D eigenvalue weighted by atomic mass is 10.2. The zero-order valence-electron chi connectivity index (χ0n) is 9.48. The fraction of sp³-hybridized carbons (Fsp3) is 0.250. The van der Waals surface area contributed by atoms with E-state index in [0.717, 1.165) is 23.6 Å². The number of carbonyl (C=O) groups is 1. The highest BCUT2D eigenvalue weighted by Crippen LogP contribution is 2.30. The van der Waals surface area contributed by atoms with Gasteiger partial charge in [-0.1, -0.05) is 11.6 Å². The Morgan fingerprint density at radius 3 is 2.94 bits per heavy atom. The monoisotopic (exact) mass is 262 g/mol. The summed E-state index contributed by atoms with van der Waals surface area (Å²) in [7, 11) is 0. The SMILES string of the molecule is Nc1nc(Cl)cc2cc(NC(=O)C3CC3)ncc12. The van der Waals surface area contributed by atoms with Gasteiger partial charge in [0.1, 0.15) is 16.8 Å². The summed E-state index contributed by atoms with van der Waals surface area (Å²) in [5, 5.41) is 4.64. The molecular weight excluding hydrogens is 252 g/mol. The molecule has 2 aromatic heterocycles. The normalized spacial score (nSPS) is 14.7. The summed E-state index contributed by atoms with van der Waals surface area (Å²) < 4.78 is 0. The van der Waals surface area contributed by atoms with Crippen LogP contribution >= 0.6 is 11.6 Å². The molecule has 1 saturated carbocycles. The Labute approximate surface area is 108 Å². The fourth-order valence-corrected chi connectivity index (χ4v) is 1.99. The van der Waals surface area contributed by atoms with E-state index in [9.17, 15) is 4.79 Å². The summed E-state index contributed by atoms with van der Waals surface area (Å²) >= 11 is 5.84. The number of hydrogen-bond donors (Lipinski definition) is 2. The minimum atomic E-state index is 0.0231. The number of fused-ring (bicyclic) bond motifs is 1. The van der Waals surface area contributed by atoms with E-state index in [0.29, 0.717) is 16.8 Å². The van der Waals surface area contributed by atoms with Gasteiger partial charge in [-0.05, 0) is 30.4 Å². The van der Waals surface area contributed by atoms with Crippen molar-refractivity contribution in [3.8, 4) is 0 Å². The zero-order valence-corrected chi connectivity index (χ0v) is 10.2. The molecule has 1 amide bonds. The number of carbonyl (C=O) groups excluding carboxylic acids is 1. The van der Waals surface area contributed by atoms with E-state index in [2.05, 4.69) is 15.3 Å². The number of amides is 1. The summed E-state index contributed by atoms with van der Waals surface area (Å²) in [6, 6.07) is 3.45. The van der Waals surface area contributed by atoms with Crippen LogP contribution in [0.15, 0.2) is 18.3 Å². The van der Waals surface area contributed by atoms with Crippen molar-refractivity contribution in [1.82, 2.24) is 9.97 Å². The third kappa shape index (κ3) is 2.09. The van der Waals surface area contributed by atoms with E-state index in [1.165, 1.54) is 0 Å². The van der Waals surface area contributed by atoms with Gasteiger partial charge in [0.2, 0.25) is 5.91 Å². The Hall–Kier alpha value is -1.88. The highest BCUT2D eigenvalue weighted by Gasteiger charge is 2.29. The number of anilines is 2. The van der Waals surface area contributed by atoms with E-state index in [4.69, 9.17) is 17.3 Å². The van der Waals surface area contributed by atoms with Gasteiger partial charge in [-0.3, -0.25) is 4.79 Å². The van der Waals surface area contributed by atoms with Crippen molar-refractivity contribution in [3.63, 3.8) is 0 Å². The van der Waals surface area contributed by atoms with Gasteiger partial charge in [0.05, 0.1) is 0 Å². The van der Waals surface area contributed by atoms with Crippen molar-refractivity contribution in [3.05, 3.63) is 23.5 Å². The van der Waals surface area contributed by atoms with E-state index < -0.39 is 0 Å². The number of nitrogens with two attached hydrogens (primary N) is 1. The molecule has 0 saturated heterocycles. The second-order valence-corrected chi connectivity index (χ2v) is 4.77. The van der Waals surface area contributed by atoms with Crippen LogP contribution in [0.3, 0.4) is 0 Å². The van der Waals surface area contributed by atoms with E-state index >= 15 is 0 Å². The maximum Gasteiger partial charge on any atom is 0.228 e. The quantitative estimate of drug-likeness (QED) is 0.813. The van der Waals surface area contributed by atoms with Gasteiger partial charge in [0.15, 0.2) is 0 Å². The number of halogens is 1. The Balaban J connectivity index is 1.97. The maximum absolute atomic E-state index is 11.6. The van der Waals surface area contributed by atoms with Crippen molar-refractivity contribution in [2.45, 2.75) is 12.8 Å². The van der Waals surface area contributed by atoms with Crippen LogP contribution in [0.5, 0.6) is 0 Å². The molecule has 5 nitrogen and oxygen atoms in total. The maximum atomic E-state index is 11.6. The van der Waals surface area contributed by atoms with Crippen molar-refractivity contribution in [2.24, 2.45) is 5.92 Å². The predicted octanol–water partition coefficient (Wildman–Crippen LogP) is 2.21. The summed E-state index contributed by atoms with van der Waals surface area (Å²) in [5.41, 5.74) is 5.74. The van der Waals surface area contributed by atoms with Gasteiger partial charge in [-0.2, -0.15) is 0 Å². The van der Waals surface area contributed by atoms with Crippen LogP contribution in [-0.2, 0) is 4.79 Å². The molecule has 1 aliphatic carbocycles. The number of rotatable bonds is 2. The molecule has 2 aromatic rings. The van der Waals surface area contributed by atoms with Crippen LogP contribution in [0.2, 0.25) is 5.15 Å². The third-order valence-corrected chi connectivity index (χ3v) is 3.11. The van der Waals surface area contributed by atoms with Gasteiger partial charge in [-0.15, -0.1) is 0 Å². The number of pyridine rings is 2. The van der Waals surface area contributed by atoms with Gasteiger partial charge >= 0.3 is 0 Å². The highest BCUT2D eigenvalue weighted by atomic mass is 35.5.